The van der Waals surface area contributed by atoms with E-state index in [4.69, 9.17) is 4.74 Å². The number of aryl methyl sites for hydroxylation is 1. The summed E-state index contributed by atoms with van der Waals surface area (Å²) in [5.41, 5.74) is 3.95. The van der Waals surface area contributed by atoms with Crippen molar-refractivity contribution in [1.29, 1.82) is 0 Å². The van der Waals surface area contributed by atoms with E-state index in [1.807, 2.05) is 62.4 Å². The molecule has 0 aliphatic rings. The largest absolute Gasteiger partial charge is 0.465 e. The highest BCUT2D eigenvalue weighted by Gasteiger charge is 2.24. The average molecular weight is 326 g/mol. The van der Waals surface area contributed by atoms with Crippen molar-refractivity contribution in [2.24, 2.45) is 0 Å². The predicted octanol–water partition coefficient (Wildman–Crippen LogP) is 4.27. The number of rotatable bonds is 5. The van der Waals surface area contributed by atoms with Crippen molar-refractivity contribution < 1.29 is 9.53 Å². The number of fused-ring (bicyclic) bond motifs is 1. The highest BCUT2D eigenvalue weighted by Crippen LogP contribution is 2.35. The predicted molar refractivity (Wildman–Crippen MR) is 92.5 cm³/mol. The van der Waals surface area contributed by atoms with E-state index in [1.165, 1.54) is 17.3 Å². The van der Waals surface area contributed by atoms with E-state index in [-0.39, 0.29) is 5.97 Å². The molecule has 1 heterocycles. The second-order valence-electron chi connectivity index (χ2n) is 5.22. The Morgan fingerprint density at radius 3 is 2.78 bits per heavy atom. The van der Waals surface area contributed by atoms with Crippen LogP contribution < -0.4 is 0 Å². The van der Waals surface area contributed by atoms with E-state index in [1.54, 1.807) is 0 Å². The first kappa shape index (κ1) is 15.6. The summed E-state index contributed by atoms with van der Waals surface area (Å²) < 4.78 is 5.22. The van der Waals surface area contributed by atoms with Crippen LogP contribution in [0.4, 0.5) is 0 Å². The van der Waals surface area contributed by atoms with Crippen LogP contribution in [0.1, 0.15) is 23.3 Å². The van der Waals surface area contributed by atoms with Crippen molar-refractivity contribution in [3.8, 4) is 0 Å². The number of benzene rings is 2. The Hall–Kier alpha value is -2.27. The van der Waals surface area contributed by atoms with Gasteiger partial charge in [-0.3, -0.25) is 4.79 Å². The molecule has 0 unspecified atom stereocenters. The van der Waals surface area contributed by atoms with Crippen molar-refractivity contribution in [3.63, 3.8) is 0 Å². The number of carbonyl (C=O) groups excluding carboxylic acids is 1. The molecule has 4 nitrogen and oxygen atoms in total. The summed E-state index contributed by atoms with van der Waals surface area (Å²) in [6.07, 6.45) is 0. The number of nitrogens with zero attached hydrogens (tertiary/aromatic N) is 1. The van der Waals surface area contributed by atoms with Crippen LogP contribution in [0, 0.1) is 6.92 Å². The highest BCUT2D eigenvalue weighted by molar-refractivity contribution is 8.00. The zero-order chi connectivity index (χ0) is 16.2. The van der Waals surface area contributed by atoms with Crippen molar-refractivity contribution in [3.05, 3.63) is 59.7 Å². The van der Waals surface area contributed by atoms with E-state index in [0.29, 0.717) is 11.8 Å². The molecule has 1 aromatic heterocycles. The molecule has 0 saturated carbocycles. The SMILES string of the molecule is CCOC(=O)[C@H](Sc1nc2ccc(C)cc2[nH]1)c1ccccc1. The third-order valence-electron chi connectivity index (χ3n) is 3.45. The van der Waals surface area contributed by atoms with E-state index >= 15 is 0 Å². The number of carbonyl (C=O) groups is 1. The molecule has 0 bridgehead atoms. The second-order valence-corrected chi connectivity index (χ2v) is 6.32. The first-order valence-electron chi connectivity index (χ1n) is 7.52. The second kappa shape index (κ2) is 6.87. The Bertz CT molecular complexity index is 814. The molecule has 3 rings (SSSR count). The molecule has 0 amide bonds. The van der Waals surface area contributed by atoms with Crippen molar-refractivity contribution in [2.45, 2.75) is 24.3 Å². The van der Waals surface area contributed by atoms with E-state index in [9.17, 15) is 4.79 Å². The van der Waals surface area contributed by atoms with Gasteiger partial charge in [-0.1, -0.05) is 48.2 Å². The van der Waals surface area contributed by atoms with Crippen molar-refractivity contribution >= 4 is 28.8 Å². The molecular formula is C18H18N2O2S. The van der Waals surface area contributed by atoms with Crippen LogP contribution in [0.15, 0.2) is 53.7 Å². The van der Waals surface area contributed by atoms with Crippen molar-refractivity contribution in [1.82, 2.24) is 9.97 Å². The summed E-state index contributed by atoms with van der Waals surface area (Å²) >= 11 is 1.38. The molecule has 1 atom stereocenters. The van der Waals surface area contributed by atoms with Crippen LogP contribution in [0.25, 0.3) is 11.0 Å². The number of thioether (sulfide) groups is 1. The molecule has 0 spiro atoms. The quantitative estimate of drug-likeness (QED) is 0.562. The maximum Gasteiger partial charge on any atom is 0.324 e. The van der Waals surface area contributed by atoms with Crippen LogP contribution in [0.2, 0.25) is 0 Å². The number of aromatic amines is 1. The van der Waals surface area contributed by atoms with Gasteiger partial charge in [0.05, 0.1) is 17.6 Å². The molecule has 118 valence electrons. The van der Waals surface area contributed by atoms with Crippen LogP contribution in [0.3, 0.4) is 0 Å². The lowest BCUT2D eigenvalue weighted by atomic mass is 10.1. The van der Waals surface area contributed by atoms with Crippen LogP contribution in [-0.2, 0) is 9.53 Å². The fourth-order valence-corrected chi connectivity index (χ4v) is 3.37. The summed E-state index contributed by atoms with van der Waals surface area (Å²) in [6, 6.07) is 15.7. The minimum Gasteiger partial charge on any atom is -0.465 e. The van der Waals surface area contributed by atoms with Gasteiger partial charge in [-0.2, -0.15) is 0 Å². The molecule has 0 fully saturated rings. The lowest BCUT2D eigenvalue weighted by molar-refractivity contribution is -0.142. The molecule has 1 N–H and O–H groups in total. The van der Waals surface area contributed by atoms with Gasteiger partial charge in [0, 0.05) is 0 Å². The molecule has 0 saturated heterocycles. The molecule has 0 aliphatic carbocycles. The number of hydrogen-bond donors (Lipinski definition) is 1. The minimum absolute atomic E-state index is 0.250. The van der Waals surface area contributed by atoms with Gasteiger partial charge in [0.1, 0.15) is 5.25 Å². The van der Waals surface area contributed by atoms with Gasteiger partial charge < -0.3 is 9.72 Å². The standard InChI is InChI=1S/C18H18N2O2S/c1-3-22-17(21)16(13-7-5-4-6-8-13)23-18-19-14-10-9-12(2)11-15(14)20-18/h4-11,16H,3H2,1-2H3,(H,19,20)/t16-/m1/s1. The molecule has 0 aliphatic heterocycles. The van der Waals surface area contributed by atoms with E-state index in [0.717, 1.165) is 16.6 Å². The Labute approximate surface area is 139 Å². The van der Waals surface area contributed by atoms with Gasteiger partial charge >= 0.3 is 5.97 Å². The minimum atomic E-state index is -0.433. The Kier molecular flexibility index (Phi) is 4.67. The van der Waals surface area contributed by atoms with Gasteiger partial charge in [0.25, 0.3) is 0 Å². The Morgan fingerprint density at radius 1 is 1.26 bits per heavy atom. The fraction of sp³-hybridized carbons (Fsp3) is 0.222. The first-order valence-corrected chi connectivity index (χ1v) is 8.40. The Morgan fingerprint density at radius 2 is 2.04 bits per heavy atom. The lowest BCUT2D eigenvalue weighted by Gasteiger charge is -2.14. The summed E-state index contributed by atoms with van der Waals surface area (Å²) in [4.78, 5) is 20.2. The smallest absolute Gasteiger partial charge is 0.324 e. The van der Waals surface area contributed by atoms with Crippen molar-refractivity contribution in [2.75, 3.05) is 6.61 Å². The van der Waals surface area contributed by atoms with Crippen LogP contribution in [-0.4, -0.2) is 22.5 Å². The summed E-state index contributed by atoms with van der Waals surface area (Å²) in [5, 5.41) is 0.283. The molecular weight excluding hydrogens is 308 g/mol. The number of ether oxygens (including phenoxy) is 1. The van der Waals surface area contributed by atoms with E-state index in [2.05, 4.69) is 9.97 Å². The van der Waals surface area contributed by atoms with Gasteiger partial charge in [-0.15, -0.1) is 0 Å². The van der Waals surface area contributed by atoms with Crippen LogP contribution >= 0.6 is 11.8 Å². The number of esters is 1. The normalized spacial score (nSPS) is 12.3. The zero-order valence-corrected chi connectivity index (χ0v) is 13.9. The summed E-state index contributed by atoms with van der Waals surface area (Å²) in [5.74, 6) is -0.250. The monoisotopic (exact) mass is 326 g/mol. The van der Waals surface area contributed by atoms with Gasteiger partial charge in [0.15, 0.2) is 5.16 Å². The maximum atomic E-state index is 12.3. The third-order valence-corrected chi connectivity index (χ3v) is 4.57. The summed E-state index contributed by atoms with van der Waals surface area (Å²) in [6.45, 7) is 4.22. The van der Waals surface area contributed by atoms with Crippen LogP contribution in [0.5, 0.6) is 0 Å². The number of H-pyrrole nitrogens is 1. The van der Waals surface area contributed by atoms with Gasteiger partial charge in [-0.05, 0) is 37.1 Å². The molecule has 23 heavy (non-hydrogen) atoms. The first-order chi connectivity index (χ1) is 11.2. The Balaban J connectivity index is 1.91. The molecule has 5 heteroatoms. The van der Waals surface area contributed by atoms with E-state index < -0.39 is 5.25 Å². The lowest BCUT2D eigenvalue weighted by Crippen LogP contribution is -2.13. The topological polar surface area (TPSA) is 55.0 Å². The third kappa shape index (κ3) is 3.56. The number of nitrogens with one attached hydrogen (secondary N) is 1. The highest BCUT2D eigenvalue weighted by atomic mass is 32.2. The fourth-order valence-electron chi connectivity index (χ4n) is 2.37. The number of imidazole rings is 1. The van der Waals surface area contributed by atoms with Gasteiger partial charge in [-0.25, -0.2) is 4.98 Å². The molecule has 2 aromatic carbocycles. The molecule has 3 aromatic rings. The average Bonchev–Trinajstić information content (AvgIpc) is 2.95. The summed E-state index contributed by atoms with van der Waals surface area (Å²) in [7, 11) is 0. The van der Waals surface area contributed by atoms with Gasteiger partial charge in [0.2, 0.25) is 0 Å². The zero-order valence-electron chi connectivity index (χ0n) is 13.1. The number of hydrogen-bond acceptors (Lipinski definition) is 4. The maximum absolute atomic E-state index is 12.3. The molecule has 0 radical (unpaired) electrons. The number of aromatic nitrogens is 2.